The van der Waals surface area contributed by atoms with Gasteiger partial charge in [0, 0.05) is 17.8 Å². The van der Waals surface area contributed by atoms with Gasteiger partial charge in [-0.15, -0.1) is 0 Å². The molecule has 1 aromatic heterocycles. The van der Waals surface area contributed by atoms with Crippen LogP contribution in [0.1, 0.15) is 21.5 Å². The zero-order valence-corrected chi connectivity index (χ0v) is 22.1. The first-order valence-electron chi connectivity index (χ1n) is 12.2. The summed E-state index contributed by atoms with van der Waals surface area (Å²) in [6, 6.07) is 23.4. The quantitative estimate of drug-likeness (QED) is 0.245. The summed E-state index contributed by atoms with van der Waals surface area (Å²) in [6.07, 6.45) is -0.337. The fourth-order valence-electron chi connectivity index (χ4n) is 4.26. The first kappa shape index (κ1) is 28.1. The molecule has 0 spiro atoms. The lowest BCUT2D eigenvalue weighted by molar-refractivity contribution is -0.162. The molecule has 0 saturated heterocycles. The summed E-state index contributed by atoms with van der Waals surface area (Å²) in [4.78, 5) is 34.5. The number of ketones is 1. The van der Waals surface area contributed by atoms with Crippen molar-refractivity contribution >= 4 is 11.8 Å². The number of rotatable bonds is 13. The average Bonchev–Trinajstić information content (AvgIpc) is 3.01. The molecule has 0 saturated carbocycles. The Labute approximate surface area is 231 Å². The number of carbonyl (C=O) groups is 2. The minimum absolute atomic E-state index is 0.184. The van der Waals surface area contributed by atoms with Crippen LogP contribution in [-0.2, 0) is 15.1 Å². The first-order valence-corrected chi connectivity index (χ1v) is 12.2. The summed E-state index contributed by atoms with van der Waals surface area (Å²) in [7, 11) is 4.38. The second-order valence-electron chi connectivity index (χ2n) is 8.47. The Morgan fingerprint density at radius 2 is 1.45 bits per heavy atom. The Morgan fingerprint density at radius 3 is 2.00 bits per heavy atom. The average molecular weight is 545 g/mol. The van der Waals surface area contributed by atoms with E-state index in [1.54, 1.807) is 72.8 Å². The van der Waals surface area contributed by atoms with Crippen molar-refractivity contribution in [1.82, 2.24) is 9.97 Å². The van der Waals surface area contributed by atoms with Gasteiger partial charge < -0.3 is 28.8 Å². The molecule has 1 heterocycles. The number of aromatic nitrogens is 2. The number of benzene rings is 3. The summed E-state index contributed by atoms with van der Waals surface area (Å²) in [5.74, 6) is -0.770. The minimum atomic E-state index is -1.80. The normalized spacial score (nSPS) is 11.8. The predicted octanol–water partition coefficient (Wildman–Crippen LogP) is 4.18. The highest BCUT2D eigenvalue weighted by Crippen LogP contribution is 2.39. The van der Waals surface area contributed by atoms with Crippen LogP contribution in [0.4, 0.5) is 0 Å². The molecule has 4 aromatic rings. The molecule has 4 rings (SSSR count). The number of Topliss-reactive ketones (excluding diaryl/α,β-unsaturated/α-hetero) is 1. The molecular weight excluding hydrogens is 516 g/mol. The van der Waals surface area contributed by atoms with E-state index in [1.165, 1.54) is 39.7 Å². The lowest BCUT2D eigenvalue weighted by atomic mass is 9.81. The Kier molecular flexibility index (Phi) is 8.93. The topological polar surface area (TPSA) is 126 Å². The minimum Gasteiger partial charge on any atom is -0.493 e. The van der Waals surface area contributed by atoms with E-state index in [2.05, 4.69) is 9.97 Å². The maximum atomic E-state index is 13.4. The summed E-state index contributed by atoms with van der Waals surface area (Å²) in [5, 5.41) is 10.5. The molecule has 10 nitrogen and oxygen atoms in total. The van der Waals surface area contributed by atoms with Gasteiger partial charge in [-0.05, 0) is 29.3 Å². The third kappa shape index (κ3) is 5.87. The Morgan fingerprint density at radius 1 is 0.825 bits per heavy atom. The number of carbonyl (C=O) groups excluding carboxylic acids is 1. The number of hydrogen-bond acceptors (Lipinski definition) is 9. The Balaban J connectivity index is 1.82. The van der Waals surface area contributed by atoms with Crippen LogP contribution in [0.25, 0.3) is 0 Å². The highest BCUT2D eigenvalue weighted by Gasteiger charge is 2.50. The Hall–Kier alpha value is -4.96. The molecule has 40 heavy (non-hydrogen) atoms. The van der Waals surface area contributed by atoms with Gasteiger partial charge in [0.15, 0.2) is 22.9 Å². The molecule has 1 atom stereocenters. The van der Waals surface area contributed by atoms with E-state index in [0.29, 0.717) is 22.6 Å². The van der Waals surface area contributed by atoms with E-state index in [4.69, 9.17) is 23.7 Å². The van der Waals surface area contributed by atoms with Crippen LogP contribution in [0.15, 0.2) is 91.1 Å². The number of carboxylic acids is 1. The summed E-state index contributed by atoms with van der Waals surface area (Å²) in [5.41, 5.74) is -0.627. The number of aliphatic carboxylic acids is 1. The summed E-state index contributed by atoms with van der Waals surface area (Å²) < 4.78 is 28.0. The molecule has 0 amide bonds. The second kappa shape index (κ2) is 12.7. The maximum Gasteiger partial charge on any atom is 0.348 e. The zero-order chi connectivity index (χ0) is 28.5. The van der Waals surface area contributed by atoms with Gasteiger partial charge in [-0.25, -0.2) is 9.78 Å². The molecule has 0 fully saturated rings. The number of carboxylic acid groups (broad SMARTS) is 1. The van der Waals surface area contributed by atoms with E-state index in [0.717, 1.165) is 0 Å². The van der Waals surface area contributed by atoms with Crippen molar-refractivity contribution < 1.29 is 38.4 Å². The van der Waals surface area contributed by atoms with Crippen molar-refractivity contribution in [3.63, 3.8) is 0 Å². The molecule has 1 unspecified atom stereocenters. The number of methoxy groups -OCH3 is 3. The van der Waals surface area contributed by atoms with Gasteiger partial charge in [0.25, 0.3) is 0 Å². The van der Waals surface area contributed by atoms with Crippen LogP contribution in [0.5, 0.6) is 23.4 Å². The fraction of sp³-hybridized carbons (Fsp3) is 0.200. The summed E-state index contributed by atoms with van der Waals surface area (Å²) in [6.45, 7) is -0.495. The van der Waals surface area contributed by atoms with Crippen molar-refractivity contribution in [3.05, 3.63) is 108 Å². The fourth-order valence-corrected chi connectivity index (χ4v) is 4.26. The number of hydrogen-bond donors (Lipinski definition) is 1. The van der Waals surface area contributed by atoms with Gasteiger partial charge in [-0.3, -0.25) is 4.79 Å². The van der Waals surface area contributed by atoms with E-state index in [9.17, 15) is 14.7 Å². The molecule has 0 aliphatic carbocycles. The SMILES string of the molecule is COc1ccnc(OC(C(=O)O)C(OCC(=O)c2ccc(OC)c(OC)c2)(c2ccccc2)c2ccccc2)n1. The Bertz CT molecular complexity index is 1410. The number of nitrogens with zero attached hydrogens (tertiary/aromatic N) is 2. The molecule has 0 aliphatic heterocycles. The molecule has 0 aliphatic rings. The van der Waals surface area contributed by atoms with Crippen LogP contribution in [0.2, 0.25) is 0 Å². The van der Waals surface area contributed by atoms with Gasteiger partial charge in [0.05, 0.1) is 21.3 Å². The number of ether oxygens (including phenoxy) is 5. The lowest BCUT2D eigenvalue weighted by Crippen LogP contribution is -2.52. The zero-order valence-electron chi connectivity index (χ0n) is 22.1. The van der Waals surface area contributed by atoms with Crippen molar-refractivity contribution in [1.29, 1.82) is 0 Å². The van der Waals surface area contributed by atoms with E-state index in [-0.39, 0.29) is 17.5 Å². The lowest BCUT2D eigenvalue weighted by Gasteiger charge is -2.38. The van der Waals surface area contributed by atoms with Crippen LogP contribution < -0.4 is 18.9 Å². The van der Waals surface area contributed by atoms with Crippen molar-refractivity contribution in [3.8, 4) is 23.4 Å². The van der Waals surface area contributed by atoms with Crippen molar-refractivity contribution in [2.45, 2.75) is 11.7 Å². The van der Waals surface area contributed by atoms with Crippen LogP contribution >= 0.6 is 0 Å². The van der Waals surface area contributed by atoms with Gasteiger partial charge in [-0.1, -0.05) is 60.7 Å². The third-order valence-corrected chi connectivity index (χ3v) is 6.18. The molecule has 0 bridgehead atoms. The molecular formula is C30H28N2O8. The van der Waals surface area contributed by atoms with Crippen molar-refractivity contribution in [2.75, 3.05) is 27.9 Å². The summed E-state index contributed by atoms with van der Waals surface area (Å²) >= 11 is 0. The molecule has 3 aromatic carbocycles. The standard InChI is InChI=1S/C30H28N2O8/c1-36-24-15-14-20(18-25(24)37-2)23(33)19-39-30(21-10-6-4-7-11-21,22-12-8-5-9-13-22)27(28(34)35)40-29-31-17-16-26(32-29)38-3/h4-18,27H,19H2,1-3H3,(H,34,35). The maximum absolute atomic E-state index is 13.4. The van der Waals surface area contributed by atoms with Gasteiger partial charge >= 0.3 is 12.0 Å². The smallest absolute Gasteiger partial charge is 0.348 e. The van der Waals surface area contributed by atoms with Gasteiger partial charge in [0.1, 0.15) is 6.61 Å². The highest BCUT2D eigenvalue weighted by atomic mass is 16.6. The molecule has 0 radical (unpaired) electrons. The van der Waals surface area contributed by atoms with Crippen molar-refractivity contribution in [2.24, 2.45) is 0 Å². The largest absolute Gasteiger partial charge is 0.493 e. The van der Waals surface area contributed by atoms with E-state index >= 15 is 0 Å². The van der Waals surface area contributed by atoms with Gasteiger partial charge in [0.2, 0.25) is 12.0 Å². The highest BCUT2D eigenvalue weighted by molar-refractivity contribution is 5.97. The second-order valence-corrected chi connectivity index (χ2v) is 8.47. The van der Waals surface area contributed by atoms with E-state index < -0.39 is 30.1 Å². The molecule has 206 valence electrons. The monoisotopic (exact) mass is 544 g/mol. The van der Waals surface area contributed by atoms with E-state index in [1.807, 2.05) is 0 Å². The van der Waals surface area contributed by atoms with Crippen LogP contribution in [0, 0.1) is 0 Å². The van der Waals surface area contributed by atoms with Crippen LogP contribution in [0.3, 0.4) is 0 Å². The third-order valence-electron chi connectivity index (χ3n) is 6.18. The van der Waals surface area contributed by atoms with Gasteiger partial charge in [-0.2, -0.15) is 4.98 Å². The first-order chi connectivity index (χ1) is 19.4. The molecule has 1 N–H and O–H groups in total. The molecule has 10 heteroatoms. The predicted molar refractivity (Wildman–Crippen MR) is 144 cm³/mol. The van der Waals surface area contributed by atoms with Crippen LogP contribution in [-0.4, -0.2) is 60.9 Å².